The third kappa shape index (κ3) is 4.96. The Kier molecular flexibility index (Phi) is 5.90. The molecule has 3 rings (SSSR count). The Hall–Kier alpha value is -3.10. The second-order valence-corrected chi connectivity index (χ2v) is 6.17. The molecule has 2 atom stereocenters. The van der Waals surface area contributed by atoms with Crippen LogP contribution < -0.4 is 11.0 Å². The fourth-order valence-corrected chi connectivity index (χ4v) is 2.71. The summed E-state index contributed by atoms with van der Waals surface area (Å²) in [5.41, 5.74) is 2.17. The van der Waals surface area contributed by atoms with Crippen LogP contribution in [0.1, 0.15) is 23.7 Å². The first kappa shape index (κ1) is 18.7. The molecule has 8 nitrogen and oxygen atoms in total. The molecule has 2 unspecified atom stereocenters. The smallest absolute Gasteiger partial charge is 0.407 e. The van der Waals surface area contributed by atoms with E-state index < -0.39 is 18.3 Å². The molecule has 0 aliphatic heterocycles. The number of benzene rings is 2. The molecular weight excluding hydrogens is 350 g/mol. The zero-order valence-electron chi connectivity index (χ0n) is 14.5. The van der Waals surface area contributed by atoms with Crippen LogP contribution in [-0.2, 0) is 11.3 Å². The fourth-order valence-electron chi connectivity index (χ4n) is 2.71. The lowest BCUT2D eigenvalue weighted by Gasteiger charge is -2.18. The van der Waals surface area contributed by atoms with Crippen molar-refractivity contribution in [3.05, 3.63) is 70.1 Å². The minimum absolute atomic E-state index is 0.142. The van der Waals surface area contributed by atoms with Crippen molar-refractivity contribution in [2.45, 2.75) is 25.2 Å². The van der Waals surface area contributed by atoms with Crippen LogP contribution >= 0.6 is 0 Å². The Balaban J connectivity index is 1.45. The molecule has 0 saturated carbocycles. The molecule has 2 aromatic carbocycles. The summed E-state index contributed by atoms with van der Waals surface area (Å²) < 4.78 is 5.07. The number of carbonyl (C=O) groups excluding carboxylic acids is 1. The Bertz CT molecular complexity index is 951. The number of amides is 1. The van der Waals surface area contributed by atoms with E-state index in [0.717, 1.165) is 5.56 Å². The number of aromatic amines is 2. The first-order chi connectivity index (χ1) is 13.0. The number of H-pyrrole nitrogens is 2. The summed E-state index contributed by atoms with van der Waals surface area (Å²) in [7, 11) is 0. The van der Waals surface area contributed by atoms with Crippen LogP contribution in [0.4, 0.5) is 4.79 Å². The van der Waals surface area contributed by atoms with E-state index in [2.05, 4.69) is 15.3 Å². The molecule has 0 aliphatic rings. The molecule has 1 amide bonds. The molecule has 0 spiro atoms. The molecular formula is C19H21N3O5. The summed E-state index contributed by atoms with van der Waals surface area (Å²) in [5, 5.41) is 23.0. The van der Waals surface area contributed by atoms with Gasteiger partial charge in [0.1, 0.15) is 12.7 Å². The number of ether oxygens (including phenoxy) is 1. The monoisotopic (exact) mass is 371 g/mol. The lowest BCUT2D eigenvalue weighted by molar-refractivity contribution is 0.0137. The number of fused-ring (bicyclic) bond motifs is 1. The van der Waals surface area contributed by atoms with Crippen molar-refractivity contribution in [3.63, 3.8) is 0 Å². The van der Waals surface area contributed by atoms with Gasteiger partial charge in [0.05, 0.1) is 17.1 Å². The van der Waals surface area contributed by atoms with Crippen LogP contribution in [0.25, 0.3) is 11.0 Å². The van der Waals surface area contributed by atoms with Gasteiger partial charge in [0.15, 0.2) is 0 Å². The Morgan fingerprint density at radius 1 is 1.07 bits per heavy atom. The van der Waals surface area contributed by atoms with E-state index in [9.17, 15) is 19.8 Å². The molecule has 0 saturated heterocycles. The van der Waals surface area contributed by atoms with Gasteiger partial charge in [0.2, 0.25) is 0 Å². The zero-order valence-corrected chi connectivity index (χ0v) is 14.5. The summed E-state index contributed by atoms with van der Waals surface area (Å²) in [6.45, 7) is 0.307. The molecule has 8 heteroatoms. The maximum atomic E-state index is 11.7. The van der Waals surface area contributed by atoms with Gasteiger partial charge < -0.3 is 30.2 Å². The summed E-state index contributed by atoms with van der Waals surface area (Å²) >= 11 is 0. The molecule has 0 aliphatic carbocycles. The Morgan fingerprint density at radius 2 is 1.81 bits per heavy atom. The van der Waals surface area contributed by atoms with Crippen molar-refractivity contribution in [1.29, 1.82) is 0 Å². The standard InChI is InChI=1S/C19H21N3O5/c23-16(8-9-20-19(26)27-11-12-4-2-1-3-5-12)17(24)13-6-7-14-15(10-13)22-18(25)21-14/h1-7,10,16-17,23-24H,8-9,11H2,(H,20,26)(H2,21,22,25). The highest BCUT2D eigenvalue weighted by atomic mass is 16.5. The van der Waals surface area contributed by atoms with Gasteiger partial charge >= 0.3 is 11.8 Å². The van der Waals surface area contributed by atoms with E-state index in [4.69, 9.17) is 4.74 Å². The topological polar surface area (TPSA) is 127 Å². The second-order valence-electron chi connectivity index (χ2n) is 6.17. The summed E-state index contributed by atoms with van der Waals surface area (Å²) in [6.07, 6.45) is -2.67. The van der Waals surface area contributed by atoms with Gasteiger partial charge in [-0.05, 0) is 29.7 Å². The summed E-state index contributed by atoms with van der Waals surface area (Å²) in [6, 6.07) is 14.2. The van der Waals surface area contributed by atoms with E-state index in [-0.39, 0.29) is 25.3 Å². The van der Waals surface area contributed by atoms with Crippen molar-refractivity contribution < 1.29 is 19.7 Å². The van der Waals surface area contributed by atoms with Crippen LogP contribution in [0.15, 0.2) is 53.3 Å². The molecule has 1 heterocycles. The molecule has 0 fully saturated rings. The molecule has 0 bridgehead atoms. The van der Waals surface area contributed by atoms with E-state index in [1.807, 2.05) is 30.3 Å². The number of aromatic nitrogens is 2. The van der Waals surface area contributed by atoms with E-state index in [1.54, 1.807) is 18.2 Å². The van der Waals surface area contributed by atoms with Crippen LogP contribution in [0.2, 0.25) is 0 Å². The number of aliphatic hydroxyl groups excluding tert-OH is 2. The summed E-state index contributed by atoms with van der Waals surface area (Å²) in [5.74, 6) is 0. The van der Waals surface area contributed by atoms with E-state index in [0.29, 0.717) is 16.6 Å². The number of alkyl carbamates (subject to hydrolysis) is 1. The van der Waals surface area contributed by atoms with Gasteiger partial charge in [0, 0.05) is 6.54 Å². The first-order valence-corrected chi connectivity index (χ1v) is 8.55. The maximum Gasteiger partial charge on any atom is 0.407 e. The Labute approximate surface area is 154 Å². The highest BCUT2D eigenvalue weighted by Gasteiger charge is 2.19. The van der Waals surface area contributed by atoms with Crippen LogP contribution in [0.5, 0.6) is 0 Å². The quantitative estimate of drug-likeness (QED) is 0.431. The highest BCUT2D eigenvalue weighted by molar-refractivity contribution is 5.75. The molecule has 5 N–H and O–H groups in total. The third-order valence-corrected chi connectivity index (χ3v) is 4.17. The largest absolute Gasteiger partial charge is 0.445 e. The van der Waals surface area contributed by atoms with Crippen molar-refractivity contribution in [3.8, 4) is 0 Å². The molecule has 27 heavy (non-hydrogen) atoms. The van der Waals surface area contributed by atoms with Crippen molar-refractivity contribution in [2.24, 2.45) is 0 Å². The number of nitrogens with one attached hydrogen (secondary N) is 3. The molecule has 1 aromatic heterocycles. The summed E-state index contributed by atoms with van der Waals surface area (Å²) in [4.78, 5) is 28.2. The number of rotatable bonds is 7. The Morgan fingerprint density at radius 3 is 2.59 bits per heavy atom. The second kappa shape index (κ2) is 8.52. The van der Waals surface area contributed by atoms with Crippen molar-refractivity contribution >= 4 is 17.1 Å². The van der Waals surface area contributed by atoms with Gasteiger partial charge in [0.25, 0.3) is 0 Å². The highest BCUT2D eigenvalue weighted by Crippen LogP contribution is 2.21. The SMILES string of the molecule is O=C(NCCC(O)C(O)c1ccc2[nH]c(=O)[nH]c2c1)OCc1ccccc1. The number of carbonyl (C=O) groups is 1. The number of hydrogen-bond acceptors (Lipinski definition) is 5. The minimum atomic E-state index is -1.14. The average molecular weight is 371 g/mol. The molecule has 142 valence electrons. The normalized spacial score (nSPS) is 13.3. The lowest BCUT2D eigenvalue weighted by atomic mass is 10.0. The number of hydrogen-bond donors (Lipinski definition) is 5. The maximum absolute atomic E-state index is 11.7. The number of aliphatic hydroxyl groups is 2. The van der Waals surface area contributed by atoms with Gasteiger partial charge in [-0.3, -0.25) is 0 Å². The molecule has 3 aromatic rings. The first-order valence-electron chi connectivity index (χ1n) is 8.55. The number of imidazole rings is 1. The van der Waals surface area contributed by atoms with Gasteiger partial charge in [-0.1, -0.05) is 36.4 Å². The van der Waals surface area contributed by atoms with E-state index in [1.165, 1.54) is 0 Å². The van der Waals surface area contributed by atoms with Crippen LogP contribution in [-0.4, -0.2) is 38.9 Å². The predicted molar refractivity (Wildman–Crippen MR) is 99.1 cm³/mol. The lowest BCUT2D eigenvalue weighted by Crippen LogP contribution is -2.29. The van der Waals surface area contributed by atoms with Crippen molar-refractivity contribution in [2.75, 3.05) is 6.54 Å². The van der Waals surface area contributed by atoms with Crippen LogP contribution in [0, 0.1) is 0 Å². The van der Waals surface area contributed by atoms with E-state index >= 15 is 0 Å². The molecule has 0 radical (unpaired) electrons. The third-order valence-electron chi connectivity index (χ3n) is 4.17. The fraction of sp³-hybridized carbons (Fsp3) is 0.263. The van der Waals surface area contributed by atoms with Gasteiger partial charge in [-0.2, -0.15) is 0 Å². The predicted octanol–water partition coefficient (Wildman–Crippen LogP) is 1.57. The average Bonchev–Trinajstić information content (AvgIpc) is 3.05. The van der Waals surface area contributed by atoms with Gasteiger partial charge in [-0.25, -0.2) is 9.59 Å². The zero-order chi connectivity index (χ0) is 19.2. The van der Waals surface area contributed by atoms with Crippen LogP contribution in [0.3, 0.4) is 0 Å². The van der Waals surface area contributed by atoms with Gasteiger partial charge in [-0.15, -0.1) is 0 Å². The minimum Gasteiger partial charge on any atom is -0.445 e. The van der Waals surface area contributed by atoms with Crippen molar-refractivity contribution in [1.82, 2.24) is 15.3 Å².